The number of pyridine rings is 1. The fourth-order valence-corrected chi connectivity index (χ4v) is 2.38. The predicted octanol–water partition coefficient (Wildman–Crippen LogP) is -0.210. The number of amides is 2. The van der Waals surface area contributed by atoms with Gasteiger partial charge in [0.25, 0.3) is 0 Å². The van der Waals surface area contributed by atoms with E-state index in [4.69, 9.17) is 0 Å². The van der Waals surface area contributed by atoms with Gasteiger partial charge in [-0.05, 0) is 12.1 Å². The monoisotopic (exact) mass is 217 g/mol. The van der Waals surface area contributed by atoms with Crippen LogP contribution in [0.25, 0.3) is 0 Å². The zero-order chi connectivity index (χ0) is 11.1. The molecule has 0 aliphatic carbocycles. The molecule has 2 unspecified atom stereocenters. The number of imide groups is 1. The summed E-state index contributed by atoms with van der Waals surface area (Å²) in [6.07, 6.45) is 3.17. The van der Waals surface area contributed by atoms with Gasteiger partial charge in [-0.15, -0.1) is 0 Å². The molecule has 0 aromatic carbocycles. The summed E-state index contributed by atoms with van der Waals surface area (Å²) in [5, 5.41) is 3.07. The van der Waals surface area contributed by atoms with Crippen LogP contribution in [0.1, 0.15) is 0 Å². The normalized spacial score (nSPS) is 28.6. The average Bonchev–Trinajstić information content (AvgIpc) is 2.86. The van der Waals surface area contributed by atoms with Crippen LogP contribution in [0.4, 0.5) is 5.69 Å². The highest BCUT2D eigenvalue weighted by Crippen LogP contribution is 2.32. The maximum absolute atomic E-state index is 12.0. The van der Waals surface area contributed by atoms with Crippen molar-refractivity contribution in [1.29, 1.82) is 0 Å². The van der Waals surface area contributed by atoms with Gasteiger partial charge in [0.15, 0.2) is 0 Å². The number of hydrogen-bond acceptors (Lipinski definition) is 4. The van der Waals surface area contributed by atoms with Crippen molar-refractivity contribution in [2.24, 2.45) is 11.8 Å². The third kappa shape index (κ3) is 1.18. The standard InChI is InChI=1S/C11H11N3O2/c15-10-8-5-13-6-9(8)11(16)14(10)7-2-1-3-12-4-7/h1-4,8-9,13H,5-6H2. The molecular weight excluding hydrogens is 206 g/mol. The second-order valence-corrected chi connectivity index (χ2v) is 4.09. The summed E-state index contributed by atoms with van der Waals surface area (Å²) in [6.45, 7) is 1.21. The van der Waals surface area contributed by atoms with Gasteiger partial charge in [-0.2, -0.15) is 0 Å². The molecule has 3 heterocycles. The van der Waals surface area contributed by atoms with Gasteiger partial charge in [0, 0.05) is 19.3 Å². The number of hydrogen-bond donors (Lipinski definition) is 1. The second kappa shape index (κ2) is 3.38. The number of fused-ring (bicyclic) bond motifs is 1. The zero-order valence-electron chi connectivity index (χ0n) is 8.59. The van der Waals surface area contributed by atoms with Gasteiger partial charge in [0.05, 0.1) is 23.7 Å². The van der Waals surface area contributed by atoms with Crippen LogP contribution in [0.3, 0.4) is 0 Å². The van der Waals surface area contributed by atoms with E-state index in [1.165, 1.54) is 4.90 Å². The van der Waals surface area contributed by atoms with Gasteiger partial charge in [-0.3, -0.25) is 14.6 Å². The fraction of sp³-hybridized carbons (Fsp3) is 0.364. The molecule has 2 saturated heterocycles. The van der Waals surface area contributed by atoms with Crippen LogP contribution in [0.15, 0.2) is 24.5 Å². The molecule has 82 valence electrons. The van der Waals surface area contributed by atoms with E-state index in [9.17, 15) is 9.59 Å². The van der Waals surface area contributed by atoms with Crippen molar-refractivity contribution in [2.75, 3.05) is 18.0 Å². The number of anilines is 1. The lowest BCUT2D eigenvalue weighted by Gasteiger charge is -2.15. The van der Waals surface area contributed by atoms with E-state index in [1.54, 1.807) is 24.5 Å². The Labute approximate surface area is 92.5 Å². The summed E-state index contributed by atoms with van der Waals surface area (Å²) < 4.78 is 0. The molecule has 1 aromatic heterocycles. The quantitative estimate of drug-likeness (QED) is 0.661. The number of nitrogens with one attached hydrogen (secondary N) is 1. The third-order valence-electron chi connectivity index (χ3n) is 3.19. The molecule has 0 spiro atoms. The van der Waals surface area contributed by atoms with Gasteiger partial charge in [-0.25, -0.2) is 4.90 Å². The molecule has 0 saturated carbocycles. The van der Waals surface area contributed by atoms with Crippen molar-refractivity contribution < 1.29 is 9.59 Å². The topological polar surface area (TPSA) is 62.3 Å². The molecule has 2 aliphatic heterocycles. The minimum Gasteiger partial charge on any atom is -0.315 e. The molecule has 5 heteroatoms. The van der Waals surface area contributed by atoms with Crippen molar-refractivity contribution in [1.82, 2.24) is 10.3 Å². The summed E-state index contributed by atoms with van der Waals surface area (Å²) in [7, 11) is 0. The van der Waals surface area contributed by atoms with Crippen molar-refractivity contribution in [3.05, 3.63) is 24.5 Å². The highest BCUT2D eigenvalue weighted by molar-refractivity contribution is 6.22. The van der Waals surface area contributed by atoms with E-state index in [2.05, 4.69) is 10.3 Å². The van der Waals surface area contributed by atoms with Gasteiger partial charge < -0.3 is 5.32 Å². The van der Waals surface area contributed by atoms with Gasteiger partial charge >= 0.3 is 0 Å². The molecule has 3 rings (SSSR count). The van der Waals surface area contributed by atoms with Crippen molar-refractivity contribution in [3.8, 4) is 0 Å². The Morgan fingerprint density at radius 2 is 1.94 bits per heavy atom. The Bertz CT molecular complexity index is 424. The predicted molar refractivity (Wildman–Crippen MR) is 56.6 cm³/mol. The first kappa shape index (κ1) is 9.47. The number of aromatic nitrogens is 1. The van der Waals surface area contributed by atoms with Gasteiger partial charge in [-0.1, -0.05) is 0 Å². The zero-order valence-corrected chi connectivity index (χ0v) is 8.59. The van der Waals surface area contributed by atoms with Crippen molar-refractivity contribution in [3.63, 3.8) is 0 Å². The lowest BCUT2D eigenvalue weighted by Crippen LogP contribution is -2.34. The summed E-state index contributed by atoms with van der Waals surface area (Å²) in [4.78, 5) is 29.3. The van der Waals surface area contributed by atoms with Gasteiger partial charge in [0.2, 0.25) is 11.8 Å². The summed E-state index contributed by atoms with van der Waals surface area (Å²) in [5.41, 5.74) is 0.576. The van der Waals surface area contributed by atoms with Crippen LogP contribution in [0.2, 0.25) is 0 Å². The molecule has 5 nitrogen and oxygen atoms in total. The number of carbonyl (C=O) groups is 2. The second-order valence-electron chi connectivity index (χ2n) is 4.09. The molecular formula is C11H11N3O2. The molecule has 1 aromatic rings. The summed E-state index contributed by atoms with van der Waals surface area (Å²) in [6, 6.07) is 3.46. The molecule has 1 N–H and O–H groups in total. The van der Waals surface area contributed by atoms with Gasteiger partial charge in [0.1, 0.15) is 0 Å². The minimum absolute atomic E-state index is 0.104. The van der Waals surface area contributed by atoms with Crippen LogP contribution < -0.4 is 10.2 Å². The number of carbonyl (C=O) groups excluding carboxylic acids is 2. The Morgan fingerprint density at radius 1 is 1.25 bits per heavy atom. The third-order valence-corrected chi connectivity index (χ3v) is 3.19. The Morgan fingerprint density at radius 3 is 2.50 bits per heavy atom. The minimum atomic E-state index is -0.187. The first-order chi connectivity index (χ1) is 7.79. The smallest absolute Gasteiger partial charge is 0.239 e. The molecule has 0 radical (unpaired) electrons. The highest BCUT2D eigenvalue weighted by Gasteiger charge is 2.50. The number of rotatable bonds is 1. The van der Waals surface area contributed by atoms with Crippen molar-refractivity contribution >= 4 is 17.5 Å². The Hall–Kier alpha value is -1.75. The van der Waals surface area contributed by atoms with Crippen LogP contribution in [-0.4, -0.2) is 29.9 Å². The Balaban J connectivity index is 1.98. The Kier molecular flexibility index (Phi) is 2.00. The molecule has 2 amide bonds. The lowest BCUT2D eigenvalue weighted by molar-refractivity contribution is -0.122. The van der Waals surface area contributed by atoms with Crippen LogP contribution >= 0.6 is 0 Å². The van der Waals surface area contributed by atoms with E-state index in [0.717, 1.165) is 0 Å². The first-order valence-corrected chi connectivity index (χ1v) is 5.27. The highest BCUT2D eigenvalue weighted by atomic mass is 16.2. The maximum Gasteiger partial charge on any atom is 0.239 e. The van der Waals surface area contributed by atoms with Crippen LogP contribution in [-0.2, 0) is 9.59 Å². The SMILES string of the molecule is O=C1C2CNCC2C(=O)N1c1cccnc1. The fourth-order valence-electron chi connectivity index (χ4n) is 2.38. The maximum atomic E-state index is 12.0. The number of nitrogens with zero attached hydrogens (tertiary/aromatic N) is 2. The molecule has 16 heavy (non-hydrogen) atoms. The van der Waals surface area contributed by atoms with E-state index in [0.29, 0.717) is 18.8 Å². The molecule has 2 atom stereocenters. The van der Waals surface area contributed by atoms with E-state index < -0.39 is 0 Å². The molecule has 2 fully saturated rings. The van der Waals surface area contributed by atoms with E-state index in [-0.39, 0.29) is 23.7 Å². The van der Waals surface area contributed by atoms with E-state index in [1.807, 2.05) is 0 Å². The average molecular weight is 217 g/mol. The van der Waals surface area contributed by atoms with E-state index >= 15 is 0 Å². The van der Waals surface area contributed by atoms with Crippen molar-refractivity contribution in [2.45, 2.75) is 0 Å². The lowest BCUT2D eigenvalue weighted by atomic mass is 10.00. The van der Waals surface area contributed by atoms with Crippen LogP contribution in [0.5, 0.6) is 0 Å². The molecule has 2 aliphatic rings. The summed E-state index contributed by atoms with van der Waals surface area (Å²) >= 11 is 0. The summed E-state index contributed by atoms with van der Waals surface area (Å²) in [5.74, 6) is -0.582. The molecule has 0 bridgehead atoms. The van der Waals surface area contributed by atoms with Crippen LogP contribution in [0, 0.1) is 11.8 Å². The first-order valence-electron chi connectivity index (χ1n) is 5.27. The largest absolute Gasteiger partial charge is 0.315 e.